The molecule has 8 heteroatoms. The van der Waals surface area contributed by atoms with Crippen molar-refractivity contribution in [3.63, 3.8) is 0 Å². The van der Waals surface area contributed by atoms with Gasteiger partial charge < -0.3 is 5.32 Å². The number of aromatic nitrogens is 2. The Labute approximate surface area is 112 Å². The van der Waals surface area contributed by atoms with E-state index in [1.807, 2.05) is 0 Å². The molecule has 2 heterocycles. The van der Waals surface area contributed by atoms with E-state index in [2.05, 4.69) is 10.4 Å². The first-order chi connectivity index (χ1) is 8.86. The van der Waals surface area contributed by atoms with Gasteiger partial charge >= 0.3 is 0 Å². The van der Waals surface area contributed by atoms with Gasteiger partial charge in [-0.1, -0.05) is 0 Å². The lowest BCUT2D eigenvalue weighted by atomic mass is 9.97. The Morgan fingerprint density at radius 3 is 2.53 bits per heavy atom. The lowest BCUT2D eigenvalue weighted by Gasteiger charge is -2.29. The molecule has 1 amide bonds. The number of hydrogen-bond donors (Lipinski definition) is 1. The molecule has 7 nitrogen and oxygen atoms in total. The average molecular weight is 286 g/mol. The summed E-state index contributed by atoms with van der Waals surface area (Å²) < 4.78 is 25.8. The number of sulfonamides is 1. The standard InChI is InChI=1S/C11H18N4O3S/c1-14-8-10(7-12-14)13-11(16)9-3-5-15(6-4-9)19(2,17)18/h7-9H,3-6H2,1-2H3,(H,13,16). The molecule has 1 saturated heterocycles. The van der Waals surface area contributed by atoms with Crippen LogP contribution in [0.1, 0.15) is 12.8 Å². The zero-order valence-corrected chi connectivity index (χ0v) is 11.9. The Morgan fingerprint density at radius 2 is 2.05 bits per heavy atom. The number of carbonyl (C=O) groups is 1. The van der Waals surface area contributed by atoms with Crippen molar-refractivity contribution in [3.8, 4) is 0 Å². The first-order valence-corrected chi connectivity index (χ1v) is 7.96. The van der Waals surface area contributed by atoms with Gasteiger partial charge in [-0.15, -0.1) is 0 Å². The van der Waals surface area contributed by atoms with Crippen LogP contribution in [-0.2, 0) is 21.9 Å². The third kappa shape index (κ3) is 3.54. The SMILES string of the molecule is Cn1cc(NC(=O)C2CCN(S(C)(=O)=O)CC2)cn1. The largest absolute Gasteiger partial charge is 0.323 e. The summed E-state index contributed by atoms with van der Waals surface area (Å²) in [7, 11) is -1.36. The van der Waals surface area contributed by atoms with Crippen LogP contribution in [0.25, 0.3) is 0 Å². The van der Waals surface area contributed by atoms with Crippen molar-refractivity contribution in [3.05, 3.63) is 12.4 Å². The van der Waals surface area contributed by atoms with E-state index in [0.29, 0.717) is 31.6 Å². The van der Waals surface area contributed by atoms with Gasteiger partial charge in [0.05, 0.1) is 18.1 Å². The Bertz CT molecular complexity index is 558. The highest BCUT2D eigenvalue weighted by molar-refractivity contribution is 7.88. The number of piperidine rings is 1. The molecular formula is C11H18N4O3S. The highest BCUT2D eigenvalue weighted by Crippen LogP contribution is 2.20. The van der Waals surface area contributed by atoms with Crippen LogP contribution in [0.15, 0.2) is 12.4 Å². The van der Waals surface area contributed by atoms with Gasteiger partial charge in [-0.25, -0.2) is 12.7 Å². The van der Waals surface area contributed by atoms with E-state index in [4.69, 9.17) is 0 Å². The van der Waals surface area contributed by atoms with Crippen molar-refractivity contribution in [2.24, 2.45) is 13.0 Å². The average Bonchev–Trinajstić information content (AvgIpc) is 2.74. The number of nitrogens with one attached hydrogen (secondary N) is 1. The van der Waals surface area contributed by atoms with Gasteiger partial charge in [-0.3, -0.25) is 9.48 Å². The molecular weight excluding hydrogens is 268 g/mol. The first kappa shape index (κ1) is 14.0. The van der Waals surface area contributed by atoms with Crippen LogP contribution >= 0.6 is 0 Å². The molecule has 1 N–H and O–H groups in total. The molecule has 2 rings (SSSR count). The van der Waals surface area contributed by atoms with Gasteiger partial charge in [0.1, 0.15) is 0 Å². The van der Waals surface area contributed by atoms with E-state index in [0.717, 1.165) is 0 Å². The maximum atomic E-state index is 12.0. The number of carbonyl (C=O) groups excluding carboxylic acids is 1. The van der Waals surface area contributed by atoms with Gasteiger partial charge in [0, 0.05) is 32.3 Å². The van der Waals surface area contributed by atoms with Crippen molar-refractivity contribution >= 4 is 21.6 Å². The summed E-state index contributed by atoms with van der Waals surface area (Å²) in [6, 6.07) is 0. The minimum Gasteiger partial charge on any atom is -0.323 e. The summed E-state index contributed by atoms with van der Waals surface area (Å²) in [5, 5.41) is 6.77. The first-order valence-electron chi connectivity index (χ1n) is 6.11. The van der Waals surface area contributed by atoms with Gasteiger partial charge in [-0.2, -0.15) is 5.10 Å². The molecule has 0 saturated carbocycles. The lowest BCUT2D eigenvalue weighted by Crippen LogP contribution is -2.40. The number of anilines is 1. The molecule has 0 bridgehead atoms. The van der Waals surface area contributed by atoms with E-state index in [1.165, 1.54) is 10.6 Å². The molecule has 1 aromatic heterocycles. The van der Waals surface area contributed by atoms with Gasteiger partial charge in [0.2, 0.25) is 15.9 Å². The fraction of sp³-hybridized carbons (Fsp3) is 0.636. The van der Waals surface area contributed by atoms with E-state index in [-0.39, 0.29) is 11.8 Å². The van der Waals surface area contributed by atoms with Crippen molar-refractivity contribution < 1.29 is 13.2 Å². The minimum absolute atomic E-state index is 0.0684. The van der Waals surface area contributed by atoms with Crippen molar-refractivity contribution in [2.45, 2.75) is 12.8 Å². The summed E-state index contributed by atoms with van der Waals surface area (Å²) in [5.74, 6) is -0.209. The highest BCUT2D eigenvalue weighted by atomic mass is 32.2. The normalized spacial score (nSPS) is 18.4. The zero-order valence-electron chi connectivity index (χ0n) is 11.0. The molecule has 19 heavy (non-hydrogen) atoms. The fourth-order valence-electron chi connectivity index (χ4n) is 2.18. The van der Waals surface area contributed by atoms with Crippen LogP contribution < -0.4 is 5.32 Å². The van der Waals surface area contributed by atoms with Crippen LogP contribution in [0.5, 0.6) is 0 Å². The molecule has 1 aromatic rings. The van der Waals surface area contributed by atoms with E-state index < -0.39 is 10.0 Å². The van der Waals surface area contributed by atoms with E-state index in [9.17, 15) is 13.2 Å². The van der Waals surface area contributed by atoms with Crippen LogP contribution in [0, 0.1) is 5.92 Å². The Morgan fingerprint density at radius 1 is 1.42 bits per heavy atom. The third-order valence-corrected chi connectivity index (χ3v) is 4.57. The smallest absolute Gasteiger partial charge is 0.227 e. The number of nitrogens with zero attached hydrogens (tertiary/aromatic N) is 3. The zero-order chi connectivity index (χ0) is 14.0. The Hall–Kier alpha value is -1.41. The maximum Gasteiger partial charge on any atom is 0.227 e. The molecule has 1 aliphatic heterocycles. The predicted octanol–water partition coefficient (Wildman–Crippen LogP) is 0.0302. The van der Waals surface area contributed by atoms with Gasteiger partial charge in [-0.05, 0) is 12.8 Å². The maximum absolute atomic E-state index is 12.0. The molecule has 1 fully saturated rings. The Balaban J connectivity index is 1.89. The van der Waals surface area contributed by atoms with Crippen molar-refractivity contribution in [2.75, 3.05) is 24.7 Å². The second kappa shape index (κ2) is 5.30. The molecule has 0 radical (unpaired) electrons. The van der Waals surface area contributed by atoms with Crippen molar-refractivity contribution in [1.29, 1.82) is 0 Å². The minimum atomic E-state index is -3.14. The van der Waals surface area contributed by atoms with E-state index in [1.54, 1.807) is 24.1 Å². The molecule has 0 atom stereocenters. The summed E-state index contributed by atoms with van der Waals surface area (Å²) >= 11 is 0. The summed E-state index contributed by atoms with van der Waals surface area (Å²) in [6.07, 6.45) is 5.62. The fourth-order valence-corrected chi connectivity index (χ4v) is 3.05. The number of amides is 1. The molecule has 0 aromatic carbocycles. The summed E-state index contributed by atoms with van der Waals surface area (Å²) in [4.78, 5) is 12.0. The molecule has 0 spiro atoms. The van der Waals surface area contributed by atoms with Crippen LogP contribution in [0.2, 0.25) is 0 Å². The highest BCUT2D eigenvalue weighted by Gasteiger charge is 2.28. The molecule has 0 aliphatic carbocycles. The molecule has 0 unspecified atom stereocenters. The second-order valence-corrected chi connectivity index (χ2v) is 6.81. The summed E-state index contributed by atoms with van der Waals surface area (Å²) in [6.45, 7) is 0.813. The predicted molar refractivity (Wildman–Crippen MR) is 71.0 cm³/mol. The topological polar surface area (TPSA) is 84.3 Å². The van der Waals surface area contributed by atoms with Crippen molar-refractivity contribution in [1.82, 2.24) is 14.1 Å². The second-order valence-electron chi connectivity index (χ2n) is 4.83. The van der Waals surface area contributed by atoms with E-state index >= 15 is 0 Å². The van der Waals surface area contributed by atoms with Crippen LogP contribution in [0.4, 0.5) is 5.69 Å². The van der Waals surface area contributed by atoms with Gasteiger partial charge in [0.25, 0.3) is 0 Å². The number of hydrogen-bond acceptors (Lipinski definition) is 4. The van der Waals surface area contributed by atoms with Crippen LogP contribution in [-0.4, -0.2) is 47.8 Å². The lowest BCUT2D eigenvalue weighted by molar-refractivity contribution is -0.120. The number of rotatable bonds is 3. The third-order valence-electron chi connectivity index (χ3n) is 3.27. The molecule has 1 aliphatic rings. The van der Waals surface area contributed by atoms with Crippen LogP contribution in [0.3, 0.4) is 0 Å². The summed E-state index contributed by atoms with van der Waals surface area (Å²) in [5.41, 5.74) is 0.665. The quantitative estimate of drug-likeness (QED) is 0.849. The Kier molecular flexibility index (Phi) is 3.91. The number of aryl methyl sites for hydroxylation is 1. The molecule has 106 valence electrons. The monoisotopic (exact) mass is 286 g/mol. The van der Waals surface area contributed by atoms with Gasteiger partial charge in [0.15, 0.2) is 0 Å².